The normalized spacial score (nSPS) is 52.3. The van der Waals surface area contributed by atoms with Crippen molar-refractivity contribution >= 4 is 11.9 Å². The number of hydrogen-bond donors (Lipinski definition) is 10. The SMILES string of the molecule is C/C=C(/C)C(=O)O[C@@H]1CCC2C3CCC4[C@@]5(C)CC[C@H](O[C@@H]6O[C@H](CO)[C@@H](O)[C@H](O)[C@H]6O[C@@H]6O[C@H](CO)[C@@H](O)[C@H](O)[C@H]6O)[C@@](C)(CO)C5CC[C@@]4(C)[C@@]3(C)C[C@H](O)[C@@]2(CO)[C@H]1OC(C)=O. The molecule has 4 unspecified atom stereocenters. The van der Waals surface area contributed by atoms with E-state index in [1.807, 2.05) is 6.92 Å². The molecule has 2 heterocycles. The van der Waals surface area contributed by atoms with Crippen LogP contribution < -0.4 is 0 Å². The molecule has 18 heteroatoms. The number of allylic oxidation sites excluding steroid dienone is 1. The highest BCUT2D eigenvalue weighted by Crippen LogP contribution is 2.76. The smallest absolute Gasteiger partial charge is 0.333 e. The lowest BCUT2D eigenvalue weighted by atomic mass is 9.31. The van der Waals surface area contributed by atoms with Crippen molar-refractivity contribution in [1.29, 1.82) is 0 Å². The van der Waals surface area contributed by atoms with Crippen molar-refractivity contribution in [1.82, 2.24) is 0 Å². The van der Waals surface area contributed by atoms with E-state index in [-0.39, 0.29) is 41.1 Å². The molecule has 0 radical (unpaired) electrons. The number of aliphatic hydroxyl groups excluding tert-OH is 10. The molecule has 7 rings (SSSR count). The number of rotatable bonds is 11. The van der Waals surface area contributed by atoms with Crippen LogP contribution in [0, 0.1) is 50.7 Å². The highest BCUT2D eigenvalue weighted by Gasteiger charge is 2.74. The maximum atomic E-state index is 13.1. The fraction of sp³-hybridized carbons (Fsp3) is 0.915. The van der Waals surface area contributed by atoms with Gasteiger partial charge in [-0.1, -0.05) is 33.8 Å². The van der Waals surface area contributed by atoms with Crippen LogP contribution in [0.4, 0.5) is 0 Å². The summed E-state index contributed by atoms with van der Waals surface area (Å²) in [7, 11) is 0. The van der Waals surface area contributed by atoms with E-state index in [1.165, 1.54) is 6.92 Å². The molecule has 5 aliphatic carbocycles. The third kappa shape index (κ3) is 7.94. The average molecular weight is 929 g/mol. The first kappa shape index (κ1) is 51.0. The lowest BCUT2D eigenvalue weighted by molar-refractivity contribution is -0.380. The molecule has 0 amide bonds. The second kappa shape index (κ2) is 18.8. The van der Waals surface area contributed by atoms with Gasteiger partial charge in [0.15, 0.2) is 12.6 Å². The summed E-state index contributed by atoms with van der Waals surface area (Å²) in [5, 5.41) is 109. The Morgan fingerprint density at radius 2 is 1.29 bits per heavy atom. The number of carbonyl (C=O) groups is 2. The molecular formula is C47H76O18. The number of fused-ring (bicyclic) bond motifs is 7. The summed E-state index contributed by atoms with van der Waals surface area (Å²) in [5.74, 6) is -1.31. The minimum atomic E-state index is -1.83. The summed E-state index contributed by atoms with van der Waals surface area (Å²) in [4.78, 5) is 25.8. The molecule has 18 nitrogen and oxygen atoms in total. The molecule has 0 spiro atoms. The summed E-state index contributed by atoms with van der Waals surface area (Å²) >= 11 is 0. The monoisotopic (exact) mass is 929 g/mol. The van der Waals surface area contributed by atoms with Gasteiger partial charge >= 0.3 is 11.9 Å². The zero-order chi connectivity index (χ0) is 47.8. The van der Waals surface area contributed by atoms with Crippen LogP contribution in [0.15, 0.2) is 11.6 Å². The molecule has 0 aromatic carbocycles. The summed E-state index contributed by atoms with van der Waals surface area (Å²) in [6.07, 6.45) is -12.7. The van der Waals surface area contributed by atoms with E-state index in [0.29, 0.717) is 44.1 Å². The van der Waals surface area contributed by atoms with Gasteiger partial charge in [-0.05, 0) is 112 Å². The van der Waals surface area contributed by atoms with E-state index in [9.17, 15) is 60.7 Å². The van der Waals surface area contributed by atoms with Crippen molar-refractivity contribution in [3.63, 3.8) is 0 Å². The predicted molar refractivity (Wildman–Crippen MR) is 227 cm³/mol. The van der Waals surface area contributed by atoms with E-state index >= 15 is 0 Å². The van der Waals surface area contributed by atoms with Gasteiger partial charge in [-0.25, -0.2) is 4.79 Å². The minimum Gasteiger partial charge on any atom is -0.458 e. The van der Waals surface area contributed by atoms with Gasteiger partial charge in [0.05, 0.1) is 44.1 Å². The van der Waals surface area contributed by atoms with Crippen molar-refractivity contribution in [3.05, 3.63) is 11.6 Å². The van der Waals surface area contributed by atoms with Gasteiger partial charge in [0.1, 0.15) is 61.0 Å². The predicted octanol–water partition coefficient (Wildman–Crippen LogP) is 0.206. The first-order valence-corrected chi connectivity index (χ1v) is 23.7. The number of esters is 2. The quantitative estimate of drug-likeness (QED) is 0.0753. The van der Waals surface area contributed by atoms with Gasteiger partial charge in [-0.15, -0.1) is 0 Å². The molecule has 65 heavy (non-hydrogen) atoms. The van der Waals surface area contributed by atoms with Gasteiger partial charge < -0.3 is 79.5 Å². The number of ether oxygens (including phenoxy) is 6. The Balaban J connectivity index is 1.15. The molecule has 372 valence electrons. The maximum Gasteiger partial charge on any atom is 0.333 e. The van der Waals surface area contributed by atoms with Crippen molar-refractivity contribution in [2.45, 2.75) is 192 Å². The Bertz CT molecular complexity index is 1750. The Labute approximate surface area is 381 Å². The van der Waals surface area contributed by atoms with Crippen molar-refractivity contribution in [2.75, 3.05) is 26.4 Å². The fourth-order valence-corrected chi connectivity index (χ4v) is 15.1. The van der Waals surface area contributed by atoms with Crippen LogP contribution in [0.1, 0.15) is 106 Å². The summed E-state index contributed by atoms with van der Waals surface area (Å²) < 4.78 is 36.2. The molecule has 0 bridgehead atoms. The molecule has 23 atom stereocenters. The van der Waals surface area contributed by atoms with Gasteiger partial charge in [0.25, 0.3) is 0 Å². The molecule has 10 N–H and O–H groups in total. The molecule has 0 aromatic rings. The molecule has 5 saturated carbocycles. The lowest BCUT2D eigenvalue weighted by Gasteiger charge is -2.74. The van der Waals surface area contributed by atoms with Crippen molar-refractivity contribution in [2.24, 2.45) is 50.7 Å². The molecule has 7 aliphatic rings. The van der Waals surface area contributed by atoms with E-state index in [4.69, 9.17) is 28.4 Å². The third-order valence-corrected chi connectivity index (χ3v) is 18.9. The Morgan fingerprint density at radius 1 is 0.662 bits per heavy atom. The second-order valence-electron chi connectivity index (χ2n) is 21.6. The summed E-state index contributed by atoms with van der Waals surface area (Å²) in [6, 6.07) is 0. The minimum absolute atomic E-state index is 0.0284. The average Bonchev–Trinajstić information content (AvgIpc) is 3.27. The second-order valence-corrected chi connectivity index (χ2v) is 21.6. The summed E-state index contributed by atoms with van der Waals surface area (Å²) in [5.41, 5.74) is -2.84. The van der Waals surface area contributed by atoms with Crippen LogP contribution >= 0.6 is 0 Å². The van der Waals surface area contributed by atoms with Crippen LogP contribution in [0.25, 0.3) is 0 Å². The van der Waals surface area contributed by atoms with Gasteiger partial charge in [-0.3, -0.25) is 4.79 Å². The Hall–Kier alpha value is -1.88. The zero-order valence-corrected chi connectivity index (χ0v) is 38.9. The van der Waals surface area contributed by atoms with Gasteiger partial charge in [-0.2, -0.15) is 0 Å². The number of hydrogen-bond acceptors (Lipinski definition) is 18. The largest absolute Gasteiger partial charge is 0.458 e. The lowest BCUT2D eigenvalue weighted by Crippen LogP contribution is -2.73. The zero-order valence-electron chi connectivity index (χ0n) is 38.9. The van der Waals surface area contributed by atoms with Crippen molar-refractivity contribution in [3.8, 4) is 0 Å². The standard InChI is InChI=1S/C47H76O18/c1-8-22(2)40(59)61-26-11-9-25-24-10-12-30-43(4)15-14-32(64-42-38(36(57)34(55)28(19-49)63-42)65-41-37(58)35(56)33(54)27(18-48)62-41)44(5,20-50)29(43)13-16-45(30,6)46(24,7)17-31(53)47(25,21-51)39(26)60-23(3)52/h8,24-39,41-42,48-51,53-58H,9-21H2,1-7H3/b22-8-/t24?,25?,26-,27-,28-,29?,30?,31+,32+,33-,34-,35+,36+,37-,38-,39+,41+,42+,43+,44+,45-,46+,47+/m1/s1. The molecular weight excluding hydrogens is 852 g/mol. The van der Waals surface area contributed by atoms with E-state index in [1.54, 1.807) is 19.9 Å². The molecule has 7 fully saturated rings. The van der Waals surface area contributed by atoms with E-state index < -0.39 is 134 Å². The molecule has 2 aliphatic heterocycles. The Morgan fingerprint density at radius 3 is 1.89 bits per heavy atom. The molecule has 2 saturated heterocycles. The van der Waals surface area contributed by atoms with Crippen LogP contribution in [-0.2, 0) is 38.0 Å². The van der Waals surface area contributed by atoms with E-state index in [0.717, 1.165) is 19.3 Å². The Kier molecular flexibility index (Phi) is 14.7. The van der Waals surface area contributed by atoms with Crippen LogP contribution in [0.2, 0.25) is 0 Å². The van der Waals surface area contributed by atoms with Crippen molar-refractivity contribution < 1.29 is 89.1 Å². The van der Waals surface area contributed by atoms with Gasteiger partial charge in [0.2, 0.25) is 0 Å². The maximum absolute atomic E-state index is 13.1. The summed E-state index contributed by atoms with van der Waals surface area (Å²) in [6.45, 7) is 11.4. The number of aliphatic hydroxyl groups is 10. The van der Waals surface area contributed by atoms with Crippen LogP contribution in [0.3, 0.4) is 0 Å². The fourth-order valence-electron chi connectivity index (χ4n) is 15.1. The van der Waals surface area contributed by atoms with Crippen LogP contribution in [-0.4, -0.2) is 175 Å². The first-order valence-electron chi connectivity index (χ1n) is 23.7. The highest BCUT2D eigenvalue weighted by atomic mass is 16.8. The van der Waals surface area contributed by atoms with Gasteiger partial charge in [0, 0.05) is 17.9 Å². The highest BCUT2D eigenvalue weighted by molar-refractivity contribution is 5.87. The van der Waals surface area contributed by atoms with Crippen LogP contribution in [0.5, 0.6) is 0 Å². The first-order chi connectivity index (χ1) is 30.6. The topological polar surface area (TPSA) is 292 Å². The third-order valence-electron chi connectivity index (χ3n) is 18.9. The molecule has 0 aromatic heterocycles. The number of carbonyl (C=O) groups excluding carboxylic acids is 2. The van der Waals surface area contributed by atoms with E-state index in [2.05, 4.69) is 20.8 Å².